The average Bonchev–Trinajstić information content (AvgIpc) is 1.65. The third kappa shape index (κ3) is 1.46. The van der Waals surface area contributed by atoms with E-state index in [-0.39, 0.29) is 0 Å². The highest BCUT2D eigenvalue weighted by molar-refractivity contribution is 5.68. The van der Waals surface area contributed by atoms with Crippen LogP contribution in [0.25, 0.3) is 0 Å². The first-order valence-electron chi connectivity index (χ1n) is 1.30. The molecule has 0 N–H and O–H groups in total. The van der Waals surface area contributed by atoms with Gasteiger partial charge in [-0.3, -0.25) is 14.5 Å². The molecule has 0 bridgehead atoms. The van der Waals surface area contributed by atoms with Crippen LogP contribution < -0.4 is 0 Å². The van der Waals surface area contributed by atoms with E-state index in [0.29, 0.717) is 4.90 Å². The molecule has 0 heterocycles. The highest BCUT2D eigenvalue weighted by atomic mass is 16.2. The van der Waals surface area contributed by atoms with Gasteiger partial charge in [-0.25, -0.2) is 0 Å². The van der Waals surface area contributed by atoms with Crippen molar-refractivity contribution in [2.24, 2.45) is 0 Å². The van der Waals surface area contributed by atoms with Crippen molar-refractivity contribution in [1.82, 2.24) is 4.90 Å². The van der Waals surface area contributed by atoms with Crippen LogP contribution in [-0.2, 0) is 9.59 Å². The number of nitrogens with zero attached hydrogens (tertiary/aromatic N) is 1. The lowest BCUT2D eigenvalue weighted by Gasteiger charge is -1.87. The Morgan fingerprint density at radius 3 is 1.67 bits per heavy atom. The van der Waals surface area contributed by atoms with Crippen LogP contribution in [0.5, 0.6) is 0 Å². The molecule has 0 fully saturated rings. The minimum Gasteiger partial charge on any atom is -0.269 e. The topological polar surface area (TPSA) is 37.4 Å². The van der Waals surface area contributed by atoms with Crippen molar-refractivity contribution in [3.05, 3.63) is 0 Å². The van der Waals surface area contributed by atoms with Crippen molar-refractivity contribution in [2.45, 2.75) is 0 Å². The highest BCUT2D eigenvalue weighted by Crippen LogP contribution is 1.56. The van der Waals surface area contributed by atoms with Crippen molar-refractivity contribution in [3.8, 4) is 0 Å². The molecule has 3 heteroatoms. The Morgan fingerprint density at radius 1 is 1.33 bits per heavy atom. The lowest BCUT2D eigenvalue weighted by atomic mass is 11.0. The predicted octanol–water partition coefficient (Wildman–Crippen LogP) is -0.947. The molecular weight excluding hydrogens is 82.0 g/mol. The molecule has 3 nitrogen and oxygen atoms in total. The van der Waals surface area contributed by atoms with Gasteiger partial charge in [0.25, 0.3) is 0 Å². The van der Waals surface area contributed by atoms with Crippen LogP contribution in [0.15, 0.2) is 0 Å². The third-order valence-corrected chi connectivity index (χ3v) is 0.274. The number of rotatable bonds is 2. The number of carbonyl (C=O) groups excluding carboxylic acids is 2. The molecule has 2 amide bonds. The van der Waals surface area contributed by atoms with Gasteiger partial charge in [-0.05, 0) is 0 Å². The molecule has 0 saturated carbocycles. The molecule has 2 radical (unpaired) electrons. The van der Waals surface area contributed by atoms with Crippen LogP contribution in [-0.4, -0.2) is 24.8 Å². The van der Waals surface area contributed by atoms with E-state index in [1.165, 1.54) is 19.9 Å². The zero-order valence-electron chi connectivity index (χ0n) is 3.26. The van der Waals surface area contributed by atoms with E-state index in [9.17, 15) is 9.59 Å². The standard InChI is InChI=1S/C3H3NO2/c1-4(2-5)3-6/h1H3. The fourth-order valence-corrected chi connectivity index (χ4v) is 0.0186. The second-order valence-corrected chi connectivity index (χ2v) is 0.742. The van der Waals surface area contributed by atoms with Crippen molar-refractivity contribution >= 4 is 12.8 Å². The molecule has 0 unspecified atom stereocenters. The summed E-state index contributed by atoms with van der Waals surface area (Å²) in [6.45, 7) is 0. The normalized spacial score (nSPS) is 6.83. The summed E-state index contributed by atoms with van der Waals surface area (Å²) in [6, 6.07) is 0. The van der Waals surface area contributed by atoms with Crippen LogP contribution in [0, 0.1) is 0 Å². The van der Waals surface area contributed by atoms with Gasteiger partial charge in [-0.2, -0.15) is 0 Å². The quantitative estimate of drug-likeness (QED) is 0.405. The first-order chi connectivity index (χ1) is 2.81. The molecule has 0 saturated heterocycles. The van der Waals surface area contributed by atoms with E-state index in [0.717, 1.165) is 0 Å². The van der Waals surface area contributed by atoms with E-state index in [2.05, 4.69) is 0 Å². The fourth-order valence-electron chi connectivity index (χ4n) is 0.0186. The van der Waals surface area contributed by atoms with Crippen LogP contribution in [0.2, 0.25) is 0 Å². The van der Waals surface area contributed by atoms with Gasteiger partial charge in [0.2, 0.25) is 0 Å². The molecule has 0 aromatic rings. The monoisotopic (exact) mass is 85.0 g/mol. The maximum absolute atomic E-state index is 9.27. The van der Waals surface area contributed by atoms with Crippen LogP contribution >= 0.6 is 0 Å². The van der Waals surface area contributed by atoms with Gasteiger partial charge in [-0.1, -0.05) is 0 Å². The van der Waals surface area contributed by atoms with Crippen LogP contribution in [0.1, 0.15) is 0 Å². The molecule has 0 aliphatic carbocycles. The van der Waals surface area contributed by atoms with E-state index in [4.69, 9.17) is 0 Å². The lowest BCUT2D eigenvalue weighted by molar-refractivity contribution is 0.476. The Hall–Kier alpha value is -0.860. The van der Waals surface area contributed by atoms with Gasteiger partial charge >= 0.3 is 12.8 Å². The minimum absolute atomic E-state index is 0.639. The van der Waals surface area contributed by atoms with Gasteiger partial charge in [0.1, 0.15) is 0 Å². The number of imide groups is 1. The summed E-state index contributed by atoms with van der Waals surface area (Å²) >= 11 is 0. The number of hydrogen-bond acceptors (Lipinski definition) is 2. The molecular formula is C3H3NO2. The Labute approximate surface area is 35.6 Å². The molecule has 0 aromatic carbocycles. The van der Waals surface area contributed by atoms with Crippen molar-refractivity contribution in [3.63, 3.8) is 0 Å². The molecule has 0 atom stereocenters. The Kier molecular flexibility index (Phi) is 2.04. The molecule has 32 valence electrons. The highest BCUT2D eigenvalue weighted by Gasteiger charge is 1.84. The Morgan fingerprint density at radius 2 is 1.67 bits per heavy atom. The van der Waals surface area contributed by atoms with Crippen molar-refractivity contribution in [1.29, 1.82) is 0 Å². The summed E-state index contributed by atoms with van der Waals surface area (Å²) < 4.78 is 0. The largest absolute Gasteiger partial charge is 0.319 e. The van der Waals surface area contributed by atoms with E-state index in [1.807, 2.05) is 0 Å². The molecule has 0 aliphatic heterocycles. The fraction of sp³-hybridized carbons (Fsp3) is 0.333. The maximum atomic E-state index is 9.27. The molecule has 0 rings (SSSR count). The first-order valence-corrected chi connectivity index (χ1v) is 1.30. The predicted molar refractivity (Wildman–Crippen MR) is 19.1 cm³/mol. The van der Waals surface area contributed by atoms with Gasteiger partial charge in [-0.15, -0.1) is 0 Å². The summed E-state index contributed by atoms with van der Waals surface area (Å²) in [7, 11) is 1.26. The zero-order valence-corrected chi connectivity index (χ0v) is 3.26. The Balaban J connectivity index is 3.21. The number of amides is 2. The van der Waals surface area contributed by atoms with Crippen LogP contribution in [0.3, 0.4) is 0 Å². The zero-order chi connectivity index (χ0) is 4.99. The number of hydrogen-bond donors (Lipinski definition) is 0. The molecule has 0 aliphatic rings. The van der Waals surface area contributed by atoms with Crippen molar-refractivity contribution < 1.29 is 9.59 Å². The average molecular weight is 85.1 g/mol. The van der Waals surface area contributed by atoms with Crippen LogP contribution in [0.4, 0.5) is 0 Å². The minimum atomic E-state index is 0.639. The van der Waals surface area contributed by atoms with Crippen molar-refractivity contribution in [2.75, 3.05) is 7.05 Å². The first kappa shape index (κ1) is 5.14. The summed E-state index contributed by atoms with van der Waals surface area (Å²) in [5, 5.41) is 0. The van der Waals surface area contributed by atoms with E-state index >= 15 is 0 Å². The van der Waals surface area contributed by atoms with E-state index < -0.39 is 0 Å². The second kappa shape index (κ2) is 2.38. The van der Waals surface area contributed by atoms with Gasteiger partial charge in [0, 0.05) is 7.05 Å². The maximum Gasteiger partial charge on any atom is 0.319 e. The summed E-state index contributed by atoms with van der Waals surface area (Å²) in [5.74, 6) is 0. The summed E-state index contributed by atoms with van der Waals surface area (Å²) in [4.78, 5) is 19.2. The molecule has 0 spiro atoms. The van der Waals surface area contributed by atoms with Gasteiger partial charge in [0.15, 0.2) is 0 Å². The van der Waals surface area contributed by atoms with Gasteiger partial charge in [0.05, 0.1) is 0 Å². The lowest BCUT2D eigenvalue weighted by Crippen LogP contribution is -2.11. The third-order valence-electron chi connectivity index (χ3n) is 0.274. The molecule has 6 heavy (non-hydrogen) atoms. The SMILES string of the molecule is CN([C]=O)[C]=O. The van der Waals surface area contributed by atoms with E-state index in [1.54, 1.807) is 0 Å². The Bertz CT molecular complexity index is 53.8. The smallest absolute Gasteiger partial charge is 0.269 e. The van der Waals surface area contributed by atoms with Gasteiger partial charge < -0.3 is 0 Å². The summed E-state index contributed by atoms with van der Waals surface area (Å²) in [5.41, 5.74) is 0. The molecule has 0 aromatic heterocycles. The second-order valence-electron chi connectivity index (χ2n) is 0.742. The summed E-state index contributed by atoms with van der Waals surface area (Å²) in [6.07, 6.45) is 2.55.